The lowest BCUT2D eigenvalue weighted by Crippen LogP contribution is -2.47. The number of carbonyl (C=O) groups excluding carboxylic acids is 3. The summed E-state index contributed by atoms with van der Waals surface area (Å²) in [6, 6.07) is 11.7. The maximum absolute atomic E-state index is 13.2. The number of nitrogens with zero attached hydrogens (tertiary/aromatic N) is 2. The first kappa shape index (κ1) is 18.5. The van der Waals surface area contributed by atoms with Crippen LogP contribution in [0.3, 0.4) is 0 Å². The lowest BCUT2D eigenvalue weighted by molar-refractivity contribution is -0.124. The van der Waals surface area contributed by atoms with E-state index in [0.717, 1.165) is 12.0 Å². The molecule has 1 N–H and O–H groups in total. The van der Waals surface area contributed by atoms with E-state index < -0.39 is 6.04 Å². The summed E-state index contributed by atoms with van der Waals surface area (Å²) >= 11 is 6.12. The van der Waals surface area contributed by atoms with Gasteiger partial charge in [0.05, 0.1) is 11.3 Å². The largest absolute Gasteiger partial charge is 0.327 e. The summed E-state index contributed by atoms with van der Waals surface area (Å²) < 4.78 is 0. The number of carbonyl (C=O) groups is 3. The average molecular weight is 398 g/mol. The summed E-state index contributed by atoms with van der Waals surface area (Å²) in [5.41, 5.74) is 2.29. The summed E-state index contributed by atoms with van der Waals surface area (Å²) in [6.45, 7) is 2.21. The molecule has 2 aromatic rings. The summed E-state index contributed by atoms with van der Waals surface area (Å²) in [6.07, 6.45) is 1.40. The van der Waals surface area contributed by atoms with Crippen molar-refractivity contribution < 1.29 is 14.4 Å². The van der Waals surface area contributed by atoms with Crippen molar-refractivity contribution in [2.45, 2.75) is 25.8 Å². The fourth-order valence-corrected chi connectivity index (χ4v) is 4.02. The number of anilines is 2. The molecular formula is C21H20ClN3O3. The minimum atomic E-state index is -0.513. The van der Waals surface area contributed by atoms with Gasteiger partial charge in [-0.1, -0.05) is 29.8 Å². The minimum Gasteiger partial charge on any atom is -0.327 e. The monoisotopic (exact) mass is 397 g/mol. The van der Waals surface area contributed by atoms with E-state index in [4.69, 9.17) is 11.6 Å². The first-order valence-corrected chi connectivity index (χ1v) is 9.61. The van der Waals surface area contributed by atoms with E-state index in [1.807, 2.05) is 6.92 Å². The summed E-state index contributed by atoms with van der Waals surface area (Å²) in [5, 5.41) is 3.38. The molecule has 0 unspecified atom stereocenters. The van der Waals surface area contributed by atoms with Crippen LogP contribution in [0.5, 0.6) is 0 Å². The highest BCUT2D eigenvalue weighted by molar-refractivity contribution is 6.31. The fraction of sp³-hybridized carbons (Fsp3) is 0.286. The highest BCUT2D eigenvalue weighted by atomic mass is 35.5. The molecule has 1 atom stereocenters. The minimum absolute atomic E-state index is 0.153. The molecule has 144 valence electrons. The van der Waals surface area contributed by atoms with E-state index >= 15 is 0 Å². The zero-order valence-electron chi connectivity index (χ0n) is 15.4. The predicted molar refractivity (Wildman–Crippen MR) is 108 cm³/mol. The molecule has 6 nitrogen and oxygen atoms in total. The van der Waals surface area contributed by atoms with Gasteiger partial charge in [-0.25, -0.2) is 0 Å². The van der Waals surface area contributed by atoms with Gasteiger partial charge in [0.1, 0.15) is 12.6 Å². The lowest BCUT2D eigenvalue weighted by Gasteiger charge is -2.25. The molecule has 2 aromatic carbocycles. The maximum atomic E-state index is 13.2. The number of hydrogen-bond donors (Lipinski definition) is 1. The number of para-hydroxylation sites is 1. The first-order chi connectivity index (χ1) is 13.5. The SMILES string of the molecule is Cc1c(Cl)cccc1NC(=O)CN1C(=O)[C@@H]2CCCN2C(=O)c2ccccc21. The third-order valence-corrected chi connectivity index (χ3v) is 5.74. The van der Waals surface area contributed by atoms with Gasteiger partial charge < -0.3 is 15.1 Å². The molecule has 0 saturated carbocycles. The van der Waals surface area contributed by atoms with Crippen molar-refractivity contribution in [3.8, 4) is 0 Å². The van der Waals surface area contributed by atoms with Crippen LogP contribution in [0.15, 0.2) is 42.5 Å². The Labute approximate surface area is 168 Å². The second-order valence-electron chi connectivity index (χ2n) is 7.06. The Balaban J connectivity index is 1.64. The number of nitrogens with one attached hydrogen (secondary N) is 1. The Kier molecular flexibility index (Phi) is 4.81. The Morgan fingerprint density at radius 1 is 1.18 bits per heavy atom. The standard InChI is InChI=1S/C21H20ClN3O3/c1-13-15(22)7-4-8-16(13)23-19(26)12-25-17-9-3-2-6-14(17)20(27)24-11-5-10-18(24)21(25)28/h2-4,6-9,18H,5,10-12H2,1H3,(H,23,26)/t18-/m0/s1. The lowest BCUT2D eigenvalue weighted by atomic mass is 10.1. The molecule has 0 radical (unpaired) electrons. The normalized spacial score (nSPS) is 18.6. The van der Waals surface area contributed by atoms with Crippen LogP contribution in [-0.2, 0) is 9.59 Å². The molecule has 0 bridgehead atoms. The van der Waals surface area contributed by atoms with Gasteiger partial charge in [-0.3, -0.25) is 14.4 Å². The molecule has 28 heavy (non-hydrogen) atoms. The molecule has 2 aliphatic heterocycles. The second kappa shape index (κ2) is 7.28. The van der Waals surface area contributed by atoms with Gasteiger partial charge in [-0.05, 0) is 49.6 Å². The Morgan fingerprint density at radius 2 is 1.96 bits per heavy atom. The van der Waals surface area contributed by atoms with Gasteiger partial charge in [0.15, 0.2) is 0 Å². The van der Waals surface area contributed by atoms with Crippen molar-refractivity contribution in [1.29, 1.82) is 0 Å². The Morgan fingerprint density at radius 3 is 2.79 bits per heavy atom. The van der Waals surface area contributed by atoms with Crippen LogP contribution in [-0.4, -0.2) is 41.8 Å². The first-order valence-electron chi connectivity index (χ1n) is 9.23. The summed E-state index contributed by atoms with van der Waals surface area (Å²) in [5.74, 6) is -0.707. The Bertz CT molecular complexity index is 975. The van der Waals surface area contributed by atoms with E-state index in [-0.39, 0.29) is 24.3 Å². The molecule has 7 heteroatoms. The van der Waals surface area contributed by atoms with Crippen molar-refractivity contribution >= 4 is 40.7 Å². The van der Waals surface area contributed by atoms with Gasteiger partial charge in [-0.15, -0.1) is 0 Å². The topological polar surface area (TPSA) is 69.7 Å². The predicted octanol–water partition coefficient (Wildman–Crippen LogP) is 3.24. The molecule has 3 amide bonds. The third kappa shape index (κ3) is 3.14. The molecule has 0 aromatic heterocycles. The fourth-order valence-electron chi connectivity index (χ4n) is 3.85. The van der Waals surface area contributed by atoms with Crippen molar-refractivity contribution in [3.63, 3.8) is 0 Å². The quantitative estimate of drug-likeness (QED) is 0.864. The molecule has 1 fully saturated rings. The number of fused-ring (bicyclic) bond motifs is 2. The van der Waals surface area contributed by atoms with Gasteiger partial charge in [-0.2, -0.15) is 0 Å². The van der Waals surface area contributed by atoms with Crippen LogP contribution in [0.25, 0.3) is 0 Å². The van der Waals surface area contributed by atoms with E-state index in [0.29, 0.717) is 34.9 Å². The van der Waals surface area contributed by atoms with Gasteiger partial charge in [0.25, 0.3) is 5.91 Å². The van der Waals surface area contributed by atoms with Crippen molar-refractivity contribution in [2.75, 3.05) is 23.3 Å². The van der Waals surface area contributed by atoms with Crippen molar-refractivity contribution in [1.82, 2.24) is 4.90 Å². The highest BCUT2D eigenvalue weighted by Crippen LogP contribution is 2.32. The van der Waals surface area contributed by atoms with Crippen LogP contribution in [0.4, 0.5) is 11.4 Å². The van der Waals surface area contributed by atoms with Crippen LogP contribution >= 0.6 is 11.6 Å². The molecule has 4 rings (SSSR count). The number of rotatable bonds is 3. The van der Waals surface area contributed by atoms with Gasteiger partial charge in [0.2, 0.25) is 11.8 Å². The third-order valence-electron chi connectivity index (χ3n) is 5.33. The Hall–Kier alpha value is -2.86. The van der Waals surface area contributed by atoms with Crippen LogP contribution in [0.2, 0.25) is 5.02 Å². The summed E-state index contributed by atoms with van der Waals surface area (Å²) in [7, 11) is 0. The van der Waals surface area contributed by atoms with Crippen LogP contribution in [0.1, 0.15) is 28.8 Å². The van der Waals surface area contributed by atoms with Crippen LogP contribution < -0.4 is 10.2 Å². The number of benzene rings is 2. The average Bonchev–Trinajstić information content (AvgIpc) is 3.16. The number of amides is 3. The van der Waals surface area contributed by atoms with E-state index in [9.17, 15) is 14.4 Å². The smallest absolute Gasteiger partial charge is 0.256 e. The molecule has 2 heterocycles. The van der Waals surface area contributed by atoms with Crippen molar-refractivity contribution in [3.05, 3.63) is 58.6 Å². The molecular weight excluding hydrogens is 378 g/mol. The van der Waals surface area contributed by atoms with Crippen LogP contribution in [0, 0.1) is 6.92 Å². The summed E-state index contributed by atoms with van der Waals surface area (Å²) in [4.78, 5) is 41.9. The number of halogens is 1. The number of hydrogen-bond acceptors (Lipinski definition) is 3. The molecule has 1 saturated heterocycles. The molecule has 2 aliphatic rings. The molecule has 0 aliphatic carbocycles. The zero-order chi connectivity index (χ0) is 19.8. The van der Waals surface area contributed by atoms with Gasteiger partial charge in [0, 0.05) is 17.3 Å². The van der Waals surface area contributed by atoms with E-state index in [2.05, 4.69) is 5.32 Å². The van der Waals surface area contributed by atoms with E-state index in [1.165, 1.54) is 4.90 Å². The molecule has 0 spiro atoms. The van der Waals surface area contributed by atoms with E-state index in [1.54, 1.807) is 47.4 Å². The van der Waals surface area contributed by atoms with Gasteiger partial charge >= 0.3 is 0 Å². The second-order valence-corrected chi connectivity index (χ2v) is 7.47. The van der Waals surface area contributed by atoms with Crippen molar-refractivity contribution in [2.24, 2.45) is 0 Å². The highest BCUT2D eigenvalue weighted by Gasteiger charge is 2.42. The zero-order valence-corrected chi connectivity index (χ0v) is 16.2. The maximum Gasteiger partial charge on any atom is 0.256 e.